The molecule has 4 aromatic rings. The lowest BCUT2D eigenvalue weighted by Gasteiger charge is -2.20. The Morgan fingerprint density at radius 3 is 1.59 bits per heavy atom. The van der Waals surface area contributed by atoms with Crippen molar-refractivity contribution >= 4 is 55.5 Å². The summed E-state index contributed by atoms with van der Waals surface area (Å²) in [6.07, 6.45) is 0. The topological polar surface area (TPSA) is 6.48 Å². The van der Waals surface area contributed by atoms with Crippen LogP contribution in [-0.2, 0) is 0 Å². The average molecular weight is 309 g/mol. The van der Waals surface area contributed by atoms with E-state index in [0.29, 0.717) is 0 Å². The molecule has 0 fully saturated rings. The highest BCUT2D eigenvalue weighted by atomic mass is 35.5. The molecular formula is C19H17ClN2. The van der Waals surface area contributed by atoms with Crippen LogP contribution in [0, 0.1) is 0 Å². The van der Waals surface area contributed by atoms with Gasteiger partial charge in [-0.3, -0.25) is 4.42 Å². The van der Waals surface area contributed by atoms with Gasteiger partial charge in [0.1, 0.15) is 0 Å². The summed E-state index contributed by atoms with van der Waals surface area (Å²) >= 11 is 6.23. The summed E-state index contributed by atoms with van der Waals surface area (Å²) in [5.74, 6) is 0. The second-order valence-corrected chi connectivity index (χ2v) is 6.47. The molecule has 4 rings (SSSR count). The normalized spacial score (nSPS) is 11.6. The summed E-state index contributed by atoms with van der Waals surface area (Å²) in [5.41, 5.74) is 2.28. The zero-order chi connectivity index (χ0) is 15.4. The number of benzene rings is 4. The van der Waals surface area contributed by atoms with Gasteiger partial charge < -0.3 is 4.90 Å². The molecule has 0 aliphatic rings. The molecular weight excluding hydrogens is 292 g/mol. The summed E-state index contributed by atoms with van der Waals surface area (Å²) in [6, 6.07) is 17.4. The molecule has 0 saturated heterocycles. The van der Waals surface area contributed by atoms with Gasteiger partial charge in [-0.05, 0) is 33.7 Å². The maximum absolute atomic E-state index is 6.23. The first-order valence-electron chi connectivity index (χ1n) is 7.35. The second-order valence-electron chi connectivity index (χ2n) is 5.96. The first-order chi connectivity index (χ1) is 10.6. The van der Waals surface area contributed by atoms with E-state index >= 15 is 0 Å². The number of hydrogen-bond donors (Lipinski definition) is 0. The van der Waals surface area contributed by atoms with Crippen molar-refractivity contribution in [3.8, 4) is 0 Å². The number of halogens is 1. The third kappa shape index (κ3) is 1.74. The van der Waals surface area contributed by atoms with E-state index in [1.165, 1.54) is 38.0 Å². The van der Waals surface area contributed by atoms with Crippen LogP contribution < -0.4 is 9.32 Å². The van der Waals surface area contributed by atoms with E-state index in [4.69, 9.17) is 11.8 Å². The summed E-state index contributed by atoms with van der Waals surface area (Å²) in [6.45, 7) is 0. The SMILES string of the molecule is CN(C)c1ccc2ccc3c(N(C)Cl)ccc4ccc1c2c43. The van der Waals surface area contributed by atoms with Crippen LogP contribution in [0.2, 0.25) is 0 Å². The molecule has 22 heavy (non-hydrogen) atoms. The molecule has 3 heteroatoms. The fraction of sp³-hybridized carbons (Fsp3) is 0.158. The van der Waals surface area contributed by atoms with Crippen LogP contribution in [0.15, 0.2) is 48.5 Å². The Labute approximate surface area is 134 Å². The molecule has 0 aliphatic carbocycles. The largest absolute Gasteiger partial charge is 0.377 e. The Balaban J connectivity index is 2.28. The number of hydrogen-bond acceptors (Lipinski definition) is 2. The highest BCUT2D eigenvalue weighted by Gasteiger charge is 2.14. The highest BCUT2D eigenvalue weighted by Crippen LogP contribution is 2.41. The standard InChI is InChI=1S/C19H17ClN2/c1-21(2)16-10-6-12-5-9-15-17(22(3)20)11-7-13-4-8-14(16)18(12)19(13)15/h4-11H,1-3H3. The second kappa shape index (κ2) is 4.65. The first-order valence-corrected chi connectivity index (χ1v) is 7.69. The Hall–Kier alpha value is -2.19. The minimum Gasteiger partial charge on any atom is -0.377 e. The van der Waals surface area contributed by atoms with Crippen molar-refractivity contribution in [1.82, 2.24) is 0 Å². The molecule has 0 atom stereocenters. The van der Waals surface area contributed by atoms with Crippen LogP contribution >= 0.6 is 11.8 Å². The molecule has 0 radical (unpaired) electrons. The Kier molecular flexibility index (Phi) is 2.85. The predicted molar refractivity (Wildman–Crippen MR) is 98.7 cm³/mol. The summed E-state index contributed by atoms with van der Waals surface area (Å²) in [5, 5.41) is 7.63. The van der Waals surface area contributed by atoms with E-state index < -0.39 is 0 Å². The lowest BCUT2D eigenvalue weighted by atomic mass is 9.92. The first kappa shape index (κ1) is 13.5. The molecule has 0 heterocycles. The third-order valence-electron chi connectivity index (χ3n) is 4.43. The fourth-order valence-electron chi connectivity index (χ4n) is 3.43. The number of anilines is 2. The van der Waals surface area contributed by atoms with Gasteiger partial charge >= 0.3 is 0 Å². The van der Waals surface area contributed by atoms with Gasteiger partial charge in [0.25, 0.3) is 0 Å². The van der Waals surface area contributed by atoms with Crippen LogP contribution in [-0.4, -0.2) is 21.1 Å². The molecule has 0 unspecified atom stereocenters. The molecule has 0 saturated carbocycles. The molecule has 0 N–H and O–H groups in total. The van der Waals surface area contributed by atoms with E-state index in [1.807, 2.05) is 7.05 Å². The Bertz CT molecular complexity index is 907. The van der Waals surface area contributed by atoms with Gasteiger partial charge in [-0.1, -0.05) is 36.4 Å². The summed E-state index contributed by atoms with van der Waals surface area (Å²) in [4.78, 5) is 2.17. The van der Waals surface area contributed by atoms with Crippen molar-refractivity contribution in [2.75, 3.05) is 30.5 Å². The van der Waals surface area contributed by atoms with Gasteiger partial charge in [0.15, 0.2) is 0 Å². The van der Waals surface area contributed by atoms with E-state index in [1.54, 1.807) is 4.42 Å². The minimum absolute atomic E-state index is 1.04. The zero-order valence-corrected chi connectivity index (χ0v) is 13.6. The monoisotopic (exact) mass is 308 g/mol. The quantitative estimate of drug-likeness (QED) is 0.369. The van der Waals surface area contributed by atoms with E-state index in [9.17, 15) is 0 Å². The smallest absolute Gasteiger partial charge is 0.0598 e. The van der Waals surface area contributed by atoms with Crippen molar-refractivity contribution in [2.24, 2.45) is 0 Å². The molecule has 0 bridgehead atoms. The number of nitrogens with zero attached hydrogens (tertiary/aromatic N) is 2. The van der Waals surface area contributed by atoms with Crippen molar-refractivity contribution in [2.45, 2.75) is 0 Å². The molecule has 110 valence electrons. The Morgan fingerprint density at radius 1 is 0.636 bits per heavy atom. The van der Waals surface area contributed by atoms with Gasteiger partial charge in [0.05, 0.1) is 5.69 Å². The lowest BCUT2D eigenvalue weighted by Crippen LogP contribution is -2.09. The fourth-order valence-corrected chi connectivity index (χ4v) is 3.58. The summed E-state index contributed by atoms with van der Waals surface area (Å²) < 4.78 is 1.67. The maximum atomic E-state index is 6.23. The van der Waals surface area contributed by atoms with E-state index in [-0.39, 0.29) is 0 Å². The van der Waals surface area contributed by atoms with Crippen LogP contribution in [0.1, 0.15) is 0 Å². The molecule has 0 aliphatic heterocycles. The minimum atomic E-state index is 1.04. The van der Waals surface area contributed by atoms with E-state index in [0.717, 1.165) is 5.69 Å². The number of rotatable bonds is 2. The molecule has 0 spiro atoms. The molecule has 2 nitrogen and oxygen atoms in total. The van der Waals surface area contributed by atoms with Crippen molar-refractivity contribution in [1.29, 1.82) is 0 Å². The predicted octanol–water partition coefficient (Wildman–Crippen LogP) is 5.24. The van der Waals surface area contributed by atoms with Crippen LogP contribution in [0.4, 0.5) is 11.4 Å². The van der Waals surface area contributed by atoms with Gasteiger partial charge in [-0.2, -0.15) is 0 Å². The van der Waals surface area contributed by atoms with Crippen LogP contribution in [0.3, 0.4) is 0 Å². The van der Waals surface area contributed by atoms with Gasteiger partial charge in [0.2, 0.25) is 0 Å². The molecule has 0 aromatic heterocycles. The van der Waals surface area contributed by atoms with Crippen LogP contribution in [0.25, 0.3) is 32.3 Å². The van der Waals surface area contributed by atoms with Crippen molar-refractivity contribution in [3.63, 3.8) is 0 Å². The summed E-state index contributed by atoms with van der Waals surface area (Å²) in [7, 11) is 6.05. The molecule has 0 amide bonds. The highest BCUT2D eigenvalue weighted by molar-refractivity contribution is 6.31. The lowest BCUT2D eigenvalue weighted by molar-refractivity contribution is 1.14. The van der Waals surface area contributed by atoms with Crippen molar-refractivity contribution < 1.29 is 0 Å². The van der Waals surface area contributed by atoms with Crippen LogP contribution in [0.5, 0.6) is 0 Å². The zero-order valence-electron chi connectivity index (χ0n) is 12.9. The Morgan fingerprint density at radius 2 is 1.09 bits per heavy atom. The van der Waals surface area contributed by atoms with Gasteiger partial charge in [-0.15, -0.1) is 0 Å². The maximum Gasteiger partial charge on any atom is 0.0598 e. The third-order valence-corrected chi connectivity index (χ3v) is 4.61. The average Bonchev–Trinajstić information content (AvgIpc) is 2.51. The molecule has 4 aromatic carbocycles. The van der Waals surface area contributed by atoms with E-state index in [2.05, 4.69) is 67.5 Å². The van der Waals surface area contributed by atoms with Gasteiger partial charge in [-0.25, -0.2) is 0 Å². The van der Waals surface area contributed by atoms with Gasteiger partial charge in [0, 0.05) is 49.4 Å². The van der Waals surface area contributed by atoms with Crippen molar-refractivity contribution in [3.05, 3.63) is 48.5 Å².